The number of carbonyl (C=O) groups excluding carboxylic acids is 1. The van der Waals surface area contributed by atoms with Gasteiger partial charge in [0.1, 0.15) is 6.54 Å². The minimum absolute atomic E-state index is 0.0118. The number of methoxy groups -OCH3 is 2. The van der Waals surface area contributed by atoms with Gasteiger partial charge >= 0.3 is 5.97 Å². The smallest absolute Gasteiger partial charge is 0.335 e. The number of ether oxygens (including phenoxy) is 2. The maximum Gasteiger partial charge on any atom is 0.335 e. The molecule has 36 heavy (non-hydrogen) atoms. The van der Waals surface area contributed by atoms with E-state index in [1.807, 2.05) is 6.92 Å². The summed E-state index contributed by atoms with van der Waals surface area (Å²) in [6.45, 7) is 1.27. The Kier molecular flexibility index (Phi) is 8.28. The normalized spacial score (nSPS) is 11.2. The lowest BCUT2D eigenvalue weighted by Crippen LogP contribution is -2.39. The molecule has 1 amide bonds. The van der Waals surface area contributed by atoms with Gasteiger partial charge in [-0.15, -0.1) is 0 Å². The number of hydrogen-bond donors (Lipinski definition) is 2. The van der Waals surface area contributed by atoms with Crippen molar-refractivity contribution in [2.24, 2.45) is 5.10 Å². The van der Waals surface area contributed by atoms with Crippen LogP contribution in [0.2, 0.25) is 0 Å². The van der Waals surface area contributed by atoms with Gasteiger partial charge in [0.2, 0.25) is 0 Å². The number of nitrogens with one attached hydrogen (secondary N) is 1. The van der Waals surface area contributed by atoms with Crippen molar-refractivity contribution in [2.45, 2.75) is 11.8 Å². The number of sulfonamides is 1. The number of rotatable bonds is 10. The number of carboxylic acid groups (broad SMARTS) is 1. The summed E-state index contributed by atoms with van der Waals surface area (Å²) in [4.78, 5) is 23.7. The molecule has 3 aromatic rings. The van der Waals surface area contributed by atoms with Gasteiger partial charge in [0.15, 0.2) is 11.5 Å². The summed E-state index contributed by atoms with van der Waals surface area (Å²) in [6, 6.07) is 16.6. The van der Waals surface area contributed by atoms with Crippen molar-refractivity contribution in [3.8, 4) is 11.5 Å². The lowest BCUT2D eigenvalue weighted by molar-refractivity contribution is -0.119. The van der Waals surface area contributed by atoms with Crippen molar-refractivity contribution in [3.05, 3.63) is 83.4 Å². The van der Waals surface area contributed by atoms with Gasteiger partial charge < -0.3 is 14.6 Å². The Labute approximate surface area is 208 Å². The van der Waals surface area contributed by atoms with Crippen molar-refractivity contribution in [1.29, 1.82) is 0 Å². The fraction of sp³-hybridized carbons (Fsp3) is 0.160. The van der Waals surface area contributed by atoms with E-state index in [4.69, 9.17) is 14.6 Å². The number of aromatic carboxylic acids is 1. The van der Waals surface area contributed by atoms with Crippen LogP contribution in [-0.2, 0) is 14.8 Å². The molecule has 0 aromatic heterocycles. The second kappa shape index (κ2) is 11.4. The molecule has 0 spiro atoms. The minimum Gasteiger partial charge on any atom is -0.493 e. The molecule has 0 aliphatic heterocycles. The molecule has 10 nitrogen and oxygen atoms in total. The molecule has 0 fully saturated rings. The predicted molar refractivity (Wildman–Crippen MR) is 134 cm³/mol. The topological polar surface area (TPSA) is 135 Å². The summed E-state index contributed by atoms with van der Waals surface area (Å²) >= 11 is 0. The van der Waals surface area contributed by atoms with Crippen LogP contribution in [-0.4, -0.2) is 52.4 Å². The Morgan fingerprint density at radius 1 is 0.972 bits per heavy atom. The Hall–Kier alpha value is -4.38. The van der Waals surface area contributed by atoms with Gasteiger partial charge in [0, 0.05) is 6.07 Å². The van der Waals surface area contributed by atoms with Crippen molar-refractivity contribution in [3.63, 3.8) is 0 Å². The van der Waals surface area contributed by atoms with E-state index in [9.17, 15) is 18.0 Å². The Morgan fingerprint density at radius 3 is 2.19 bits per heavy atom. The molecule has 0 heterocycles. The average Bonchev–Trinajstić information content (AvgIpc) is 2.87. The Morgan fingerprint density at radius 2 is 1.61 bits per heavy atom. The molecule has 0 unspecified atom stereocenters. The summed E-state index contributed by atoms with van der Waals surface area (Å²) < 4.78 is 38.5. The van der Waals surface area contributed by atoms with Crippen LogP contribution in [0.15, 0.2) is 76.7 Å². The largest absolute Gasteiger partial charge is 0.493 e. The number of hydrazone groups is 1. The van der Waals surface area contributed by atoms with E-state index in [-0.39, 0.29) is 16.1 Å². The van der Waals surface area contributed by atoms with Gasteiger partial charge in [-0.2, -0.15) is 5.10 Å². The molecular weight excluding hydrogens is 486 g/mol. The molecule has 3 rings (SSSR count). The number of amides is 1. The molecule has 188 valence electrons. The maximum absolute atomic E-state index is 13.5. The van der Waals surface area contributed by atoms with E-state index in [2.05, 4.69) is 10.5 Å². The molecule has 0 saturated carbocycles. The van der Waals surface area contributed by atoms with Crippen molar-refractivity contribution in [1.82, 2.24) is 5.43 Å². The van der Waals surface area contributed by atoms with Crippen LogP contribution in [0.25, 0.3) is 0 Å². The Bertz CT molecular complexity index is 1370. The number of anilines is 1. The standard InChI is InChI=1S/C25H25N3O7S/c1-17-4-11-21(12-5-17)36(32,33)28(20-10-13-22(34-2)23(14-20)35-3)16-24(29)27-26-15-18-6-8-19(9-7-18)25(30)31/h4-15H,16H2,1-3H3,(H,27,29)(H,30,31)/b26-15-. The molecular formula is C25H25N3O7S. The van der Waals surface area contributed by atoms with Crippen LogP contribution in [0, 0.1) is 6.92 Å². The summed E-state index contributed by atoms with van der Waals surface area (Å²) in [7, 11) is -1.25. The fourth-order valence-electron chi connectivity index (χ4n) is 3.19. The number of nitrogens with zero attached hydrogens (tertiary/aromatic N) is 2. The third-order valence-electron chi connectivity index (χ3n) is 5.11. The van der Waals surface area contributed by atoms with Gasteiger partial charge in [-0.05, 0) is 48.9 Å². The number of carbonyl (C=O) groups is 2. The summed E-state index contributed by atoms with van der Waals surface area (Å²) in [5.41, 5.74) is 4.04. The van der Waals surface area contributed by atoms with E-state index < -0.39 is 28.4 Å². The molecule has 3 aromatic carbocycles. The zero-order valence-electron chi connectivity index (χ0n) is 19.8. The molecule has 11 heteroatoms. The first kappa shape index (κ1) is 26.2. The average molecular weight is 512 g/mol. The monoisotopic (exact) mass is 511 g/mol. The number of hydrogen-bond acceptors (Lipinski definition) is 7. The van der Waals surface area contributed by atoms with E-state index in [0.717, 1.165) is 9.87 Å². The highest BCUT2D eigenvalue weighted by Crippen LogP contribution is 2.33. The van der Waals surface area contributed by atoms with Gasteiger partial charge in [0.25, 0.3) is 15.9 Å². The third-order valence-corrected chi connectivity index (χ3v) is 6.90. The van der Waals surface area contributed by atoms with Crippen LogP contribution in [0.5, 0.6) is 11.5 Å². The van der Waals surface area contributed by atoms with Crippen LogP contribution in [0.4, 0.5) is 5.69 Å². The van der Waals surface area contributed by atoms with E-state index in [1.54, 1.807) is 18.2 Å². The zero-order valence-corrected chi connectivity index (χ0v) is 20.7. The first-order valence-electron chi connectivity index (χ1n) is 10.6. The van der Waals surface area contributed by atoms with Gasteiger partial charge in [-0.1, -0.05) is 29.8 Å². The van der Waals surface area contributed by atoms with Gasteiger partial charge in [0.05, 0.1) is 36.6 Å². The summed E-state index contributed by atoms with van der Waals surface area (Å²) in [6.07, 6.45) is 1.32. The zero-order chi connectivity index (χ0) is 26.3. The van der Waals surface area contributed by atoms with Gasteiger partial charge in [-0.3, -0.25) is 9.10 Å². The molecule has 0 aliphatic carbocycles. The van der Waals surface area contributed by atoms with Crippen LogP contribution in [0.1, 0.15) is 21.5 Å². The maximum atomic E-state index is 13.5. The first-order chi connectivity index (χ1) is 17.1. The molecule has 0 bridgehead atoms. The quantitative estimate of drug-likeness (QED) is 0.316. The number of aryl methyl sites for hydroxylation is 1. The lowest BCUT2D eigenvalue weighted by Gasteiger charge is -2.24. The second-order valence-corrected chi connectivity index (χ2v) is 9.45. The summed E-state index contributed by atoms with van der Waals surface area (Å²) in [5, 5.41) is 12.8. The van der Waals surface area contributed by atoms with Crippen molar-refractivity contribution >= 4 is 33.8 Å². The second-order valence-electron chi connectivity index (χ2n) is 7.58. The summed E-state index contributed by atoms with van der Waals surface area (Å²) in [5.74, 6) is -1.06. The highest BCUT2D eigenvalue weighted by Gasteiger charge is 2.28. The SMILES string of the molecule is COc1ccc(N(CC(=O)N/N=C\c2ccc(C(=O)O)cc2)S(=O)(=O)c2ccc(C)cc2)cc1OC. The molecule has 0 saturated heterocycles. The van der Waals surface area contributed by atoms with Gasteiger partial charge in [-0.25, -0.2) is 18.6 Å². The first-order valence-corrected chi connectivity index (χ1v) is 12.1. The third kappa shape index (κ3) is 6.19. The molecule has 2 N–H and O–H groups in total. The minimum atomic E-state index is -4.13. The molecule has 0 aliphatic rings. The van der Waals surface area contributed by atoms with Crippen LogP contribution < -0.4 is 19.2 Å². The fourth-order valence-corrected chi connectivity index (χ4v) is 4.60. The van der Waals surface area contributed by atoms with Crippen molar-refractivity contribution in [2.75, 3.05) is 25.1 Å². The molecule has 0 atom stereocenters. The highest BCUT2D eigenvalue weighted by molar-refractivity contribution is 7.92. The lowest BCUT2D eigenvalue weighted by atomic mass is 10.1. The molecule has 0 radical (unpaired) electrons. The van der Waals surface area contributed by atoms with Crippen LogP contribution in [0.3, 0.4) is 0 Å². The predicted octanol–water partition coefficient (Wildman–Crippen LogP) is 3.06. The van der Waals surface area contributed by atoms with E-state index >= 15 is 0 Å². The van der Waals surface area contributed by atoms with E-state index in [1.165, 1.54) is 69.0 Å². The van der Waals surface area contributed by atoms with Crippen LogP contribution >= 0.6 is 0 Å². The van der Waals surface area contributed by atoms with Crippen molar-refractivity contribution < 1.29 is 32.6 Å². The number of carboxylic acids is 1. The van der Waals surface area contributed by atoms with E-state index in [0.29, 0.717) is 17.1 Å². The highest BCUT2D eigenvalue weighted by atomic mass is 32.2. The Balaban J connectivity index is 1.87. The number of benzene rings is 3.